The number of hydrogen-bond donors (Lipinski definition) is 0. The van der Waals surface area contributed by atoms with Gasteiger partial charge in [0.15, 0.2) is 5.69 Å². The van der Waals surface area contributed by atoms with E-state index in [4.69, 9.17) is 21.1 Å². The van der Waals surface area contributed by atoms with E-state index in [2.05, 4.69) is 15.2 Å². The van der Waals surface area contributed by atoms with Crippen LogP contribution in [0, 0.1) is 0 Å². The molecule has 1 heterocycles. The fourth-order valence-electron chi connectivity index (χ4n) is 1.75. The first kappa shape index (κ1) is 16.8. The summed E-state index contributed by atoms with van der Waals surface area (Å²) in [6, 6.07) is 6.59. The van der Waals surface area contributed by atoms with Crippen LogP contribution in [0.5, 0.6) is 0 Å². The first-order valence-corrected chi connectivity index (χ1v) is 7.29. The maximum Gasteiger partial charge on any atom is 0.378 e. The van der Waals surface area contributed by atoms with E-state index in [0.29, 0.717) is 10.6 Å². The number of carbonyl (C=O) groups excluding carboxylic acids is 2. The van der Waals surface area contributed by atoms with Crippen molar-refractivity contribution < 1.29 is 19.1 Å². The van der Waals surface area contributed by atoms with Crippen LogP contribution < -0.4 is 0 Å². The van der Waals surface area contributed by atoms with Gasteiger partial charge >= 0.3 is 11.9 Å². The van der Waals surface area contributed by atoms with Crippen LogP contribution >= 0.6 is 11.6 Å². The van der Waals surface area contributed by atoms with Gasteiger partial charge in [0.1, 0.15) is 5.69 Å². The first-order valence-electron chi connectivity index (χ1n) is 6.91. The molecule has 0 saturated heterocycles. The molecule has 2 aromatic rings. The Balaban J connectivity index is 2.52. The summed E-state index contributed by atoms with van der Waals surface area (Å²) in [7, 11) is 0. The summed E-state index contributed by atoms with van der Waals surface area (Å²) in [5.41, 5.74) is 0.651. The second-order valence-corrected chi connectivity index (χ2v) is 4.72. The fourth-order valence-corrected chi connectivity index (χ4v) is 1.88. The van der Waals surface area contributed by atoms with Gasteiger partial charge in [-0.1, -0.05) is 23.7 Å². The van der Waals surface area contributed by atoms with Gasteiger partial charge in [-0.25, -0.2) is 14.6 Å². The third-order valence-corrected chi connectivity index (χ3v) is 2.98. The van der Waals surface area contributed by atoms with Crippen molar-refractivity contribution >= 4 is 23.5 Å². The van der Waals surface area contributed by atoms with Crippen LogP contribution in [0.4, 0.5) is 0 Å². The van der Waals surface area contributed by atoms with Crippen LogP contribution in [0.15, 0.2) is 24.3 Å². The standard InChI is InChI=1S/C15H14ClN3O4/c1-3-22-14(20)12-11(9-5-7-10(16)8-6-9)17-13(19-18-12)15(21)23-4-2/h5-8H,3-4H2,1-2H3. The van der Waals surface area contributed by atoms with Crippen LogP contribution in [0.25, 0.3) is 11.3 Å². The summed E-state index contributed by atoms with van der Waals surface area (Å²) in [4.78, 5) is 27.9. The van der Waals surface area contributed by atoms with Crippen molar-refractivity contribution in [3.8, 4) is 11.3 Å². The molecule has 0 bridgehead atoms. The quantitative estimate of drug-likeness (QED) is 0.775. The van der Waals surface area contributed by atoms with Crippen molar-refractivity contribution in [2.75, 3.05) is 13.2 Å². The van der Waals surface area contributed by atoms with Gasteiger partial charge in [-0.05, 0) is 26.0 Å². The van der Waals surface area contributed by atoms with Crippen molar-refractivity contribution in [2.45, 2.75) is 13.8 Å². The molecule has 8 heteroatoms. The molecular formula is C15H14ClN3O4. The molecule has 0 atom stereocenters. The molecule has 0 aliphatic heterocycles. The lowest BCUT2D eigenvalue weighted by atomic mass is 10.1. The van der Waals surface area contributed by atoms with Gasteiger partial charge in [-0.15, -0.1) is 10.2 Å². The number of aromatic nitrogens is 3. The molecule has 0 spiro atoms. The Morgan fingerprint density at radius 3 is 2.22 bits per heavy atom. The van der Waals surface area contributed by atoms with Crippen LogP contribution in [0.2, 0.25) is 5.02 Å². The molecule has 0 radical (unpaired) electrons. The fraction of sp³-hybridized carbons (Fsp3) is 0.267. The minimum atomic E-state index is -0.717. The molecule has 1 aromatic carbocycles. The van der Waals surface area contributed by atoms with Crippen LogP contribution in [-0.4, -0.2) is 40.3 Å². The highest BCUT2D eigenvalue weighted by atomic mass is 35.5. The third-order valence-electron chi connectivity index (χ3n) is 2.73. The van der Waals surface area contributed by atoms with Gasteiger partial charge < -0.3 is 9.47 Å². The molecule has 120 valence electrons. The van der Waals surface area contributed by atoms with Gasteiger partial charge in [0.2, 0.25) is 0 Å². The Morgan fingerprint density at radius 1 is 1.00 bits per heavy atom. The van der Waals surface area contributed by atoms with Crippen molar-refractivity contribution in [1.82, 2.24) is 15.2 Å². The van der Waals surface area contributed by atoms with Crippen LogP contribution in [-0.2, 0) is 9.47 Å². The Kier molecular flexibility index (Phi) is 5.59. The number of hydrogen-bond acceptors (Lipinski definition) is 7. The van der Waals surface area contributed by atoms with Gasteiger partial charge in [-0.2, -0.15) is 0 Å². The maximum atomic E-state index is 12.0. The lowest BCUT2D eigenvalue weighted by molar-refractivity contribution is 0.0492. The molecule has 23 heavy (non-hydrogen) atoms. The average molecular weight is 336 g/mol. The van der Waals surface area contributed by atoms with Gasteiger partial charge in [0.05, 0.1) is 13.2 Å². The first-order chi connectivity index (χ1) is 11.1. The van der Waals surface area contributed by atoms with E-state index in [-0.39, 0.29) is 30.4 Å². The average Bonchev–Trinajstić information content (AvgIpc) is 2.55. The SMILES string of the molecule is CCOC(=O)c1nnc(C(=O)OCC)c(-c2ccc(Cl)cc2)n1. The molecule has 0 fully saturated rings. The molecule has 0 unspecified atom stereocenters. The zero-order valence-electron chi connectivity index (χ0n) is 12.6. The number of ether oxygens (including phenoxy) is 2. The minimum Gasteiger partial charge on any atom is -0.461 e. The van der Waals surface area contributed by atoms with E-state index in [9.17, 15) is 9.59 Å². The number of esters is 2. The highest BCUT2D eigenvalue weighted by molar-refractivity contribution is 6.30. The van der Waals surface area contributed by atoms with Crippen molar-refractivity contribution in [3.63, 3.8) is 0 Å². The molecule has 0 aliphatic carbocycles. The monoisotopic (exact) mass is 335 g/mol. The normalized spacial score (nSPS) is 10.2. The Morgan fingerprint density at radius 2 is 1.61 bits per heavy atom. The van der Waals surface area contributed by atoms with E-state index in [1.165, 1.54) is 0 Å². The number of halogens is 1. The van der Waals surface area contributed by atoms with E-state index in [1.54, 1.807) is 38.1 Å². The van der Waals surface area contributed by atoms with Gasteiger partial charge in [0, 0.05) is 10.6 Å². The van der Waals surface area contributed by atoms with Crippen LogP contribution in [0.1, 0.15) is 35.0 Å². The van der Waals surface area contributed by atoms with Crippen LogP contribution in [0.3, 0.4) is 0 Å². The topological polar surface area (TPSA) is 91.3 Å². The predicted molar refractivity (Wildman–Crippen MR) is 82.2 cm³/mol. The summed E-state index contributed by atoms with van der Waals surface area (Å²) < 4.78 is 9.78. The molecule has 1 aromatic heterocycles. The number of benzene rings is 1. The smallest absolute Gasteiger partial charge is 0.378 e. The highest BCUT2D eigenvalue weighted by Crippen LogP contribution is 2.22. The Hall–Kier alpha value is -2.54. The van der Waals surface area contributed by atoms with Crippen molar-refractivity contribution in [1.29, 1.82) is 0 Å². The predicted octanol–water partition coefficient (Wildman–Crippen LogP) is 2.55. The summed E-state index contributed by atoms with van der Waals surface area (Å²) in [5, 5.41) is 7.95. The van der Waals surface area contributed by atoms with Crippen molar-refractivity contribution in [2.24, 2.45) is 0 Å². The number of nitrogens with zero attached hydrogens (tertiary/aromatic N) is 3. The zero-order valence-corrected chi connectivity index (χ0v) is 13.3. The summed E-state index contributed by atoms with van der Waals surface area (Å²) in [5.74, 6) is -1.62. The van der Waals surface area contributed by atoms with E-state index in [0.717, 1.165) is 0 Å². The largest absolute Gasteiger partial charge is 0.461 e. The molecule has 0 amide bonds. The van der Waals surface area contributed by atoms with Crippen molar-refractivity contribution in [3.05, 3.63) is 40.8 Å². The minimum absolute atomic E-state index is 0.0813. The molecular weight excluding hydrogens is 322 g/mol. The maximum absolute atomic E-state index is 12.0. The highest BCUT2D eigenvalue weighted by Gasteiger charge is 2.22. The molecule has 7 nitrogen and oxygen atoms in total. The lowest BCUT2D eigenvalue weighted by Crippen LogP contribution is -2.17. The number of carbonyl (C=O) groups is 2. The Labute approximate surface area is 137 Å². The number of rotatable bonds is 5. The summed E-state index contributed by atoms with van der Waals surface area (Å²) in [6.07, 6.45) is 0. The zero-order chi connectivity index (χ0) is 16.8. The lowest BCUT2D eigenvalue weighted by Gasteiger charge is -2.08. The summed E-state index contributed by atoms with van der Waals surface area (Å²) in [6.45, 7) is 3.70. The second-order valence-electron chi connectivity index (χ2n) is 4.28. The van der Waals surface area contributed by atoms with E-state index in [1.807, 2.05) is 0 Å². The Bertz CT molecular complexity index is 719. The van der Waals surface area contributed by atoms with E-state index < -0.39 is 11.9 Å². The molecule has 0 saturated carbocycles. The molecule has 2 rings (SSSR count). The van der Waals surface area contributed by atoms with E-state index >= 15 is 0 Å². The van der Waals surface area contributed by atoms with Gasteiger partial charge in [-0.3, -0.25) is 0 Å². The molecule has 0 N–H and O–H groups in total. The second kappa shape index (κ2) is 7.64. The molecule has 0 aliphatic rings. The summed E-state index contributed by atoms with van der Waals surface area (Å²) >= 11 is 5.86. The van der Waals surface area contributed by atoms with Gasteiger partial charge in [0.25, 0.3) is 5.82 Å². The third kappa shape index (κ3) is 4.01.